The minimum Gasteiger partial charge on any atom is -0.484 e. The van der Waals surface area contributed by atoms with Gasteiger partial charge in [-0.05, 0) is 36.4 Å². The summed E-state index contributed by atoms with van der Waals surface area (Å²) in [6.45, 7) is 0.165. The molecule has 0 aliphatic rings. The van der Waals surface area contributed by atoms with E-state index in [0.717, 1.165) is 0 Å². The van der Waals surface area contributed by atoms with Crippen molar-refractivity contribution in [2.24, 2.45) is 5.73 Å². The number of hydrogen-bond donors (Lipinski definition) is 3. The van der Waals surface area contributed by atoms with Gasteiger partial charge in [-0.1, -0.05) is 12.1 Å². The molecule has 2 aromatic carbocycles. The summed E-state index contributed by atoms with van der Waals surface area (Å²) in [6.07, 6.45) is -0.627. The number of rotatable bonds is 9. The predicted molar refractivity (Wildman–Crippen MR) is 102 cm³/mol. The molecule has 0 aromatic heterocycles. The third-order valence-electron chi connectivity index (χ3n) is 3.40. The maximum absolute atomic E-state index is 12.1. The van der Waals surface area contributed by atoms with Crippen molar-refractivity contribution < 1.29 is 28.6 Å². The van der Waals surface area contributed by atoms with Crippen LogP contribution in [0.1, 0.15) is 10.4 Å². The number of ether oxygens (including phenoxy) is 3. The van der Waals surface area contributed by atoms with E-state index in [1.165, 1.54) is 13.2 Å². The average Bonchev–Trinajstić information content (AvgIpc) is 2.67. The fourth-order valence-corrected chi connectivity index (χ4v) is 2.13. The molecular weight excluding hydrogens is 366 g/mol. The Kier molecular flexibility index (Phi) is 7.79. The molecular formula is C19H21N3O6. The van der Waals surface area contributed by atoms with Gasteiger partial charge in [-0.3, -0.25) is 14.9 Å². The van der Waals surface area contributed by atoms with Gasteiger partial charge in [0.1, 0.15) is 12.4 Å². The van der Waals surface area contributed by atoms with Gasteiger partial charge >= 0.3 is 6.09 Å². The van der Waals surface area contributed by atoms with E-state index in [9.17, 15) is 14.4 Å². The highest BCUT2D eigenvalue weighted by atomic mass is 16.6. The Balaban J connectivity index is 1.86. The van der Waals surface area contributed by atoms with Crippen LogP contribution in [0.15, 0.2) is 48.5 Å². The summed E-state index contributed by atoms with van der Waals surface area (Å²) in [4.78, 5) is 34.8. The average molecular weight is 387 g/mol. The van der Waals surface area contributed by atoms with Gasteiger partial charge in [-0.2, -0.15) is 0 Å². The van der Waals surface area contributed by atoms with Crippen molar-refractivity contribution in [1.29, 1.82) is 0 Å². The second kappa shape index (κ2) is 10.5. The Bertz CT molecular complexity index is 840. The first-order valence-electron chi connectivity index (χ1n) is 8.33. The fraction of sp³-hybridized carbons (Fsp3) is 0.211. The van der Waals surface area contributed by atoms with E-state index in [1.807, 2.05) is 0 Å². The van der Waals surface area contributed by atoms with Gasteiger partial charge in [0.15, 0.2) is 6.61 Å². The Labute approximate surface area is 161 Å². The van der Waals surface area contributed by atoms with E-state index in [-0.39, 0.29) is 18.8 Å². The monoisotopic (exact) mass is 387 g/mol. The second-order valence-electron chi connectivity index (χ2n) is 5.56. The Morgan fingerprint density at radius 2 is 1.68 bits per heavy atom. The molecule has 2 rings (SSSR count). The number of hydrogen-bond acceptors (Lipinski definition) is 6. The van der Waals surface area contributed by atoms with Crippen LogP contribution in [0.3, 0.4) is 0 Å². The highest BCUT2D eigenvalue weighted by molar-refractivity contribution is 5.94. The number of carbonyl (C=O) groups is 3. The molecule has 0 bridgehead atoms. The number of primary amides is 1. The molecule has 0 aliphatic heterocycles. The molecule has 0 unspecified atom stereocenters. The SMILES string of the molecule is COCCOC(=O)Nc1cccc(NC(=O)COc2cccc(C(N)=O)c2)c1. The summed E-state index contributed by atoms with van der Waals surface area (Å²) in [5.74, 6) is -0.648. The third-order valence-corrected chi connectivity index (χ3v) is 3.40. The van der Waals surface area contributed by atoms with Gasteiger partial charge in [-0.15, -0.1) is 0 Å². The molecule has 0 spiro atoms. The van der Waals surface area contributed by atoms with E-state index in [2.05, 4.69) is 10.6 Å². The van der Waals surface area contributed by atoms with E-state index in [0.29, 0.717) is 23.7 Å². The number of methoxy groups -OCH3 is 1. The summed E-state index contributed by atoms with van der Waals surface area (Å²) >= 11 is 0. The fourth-order valence-electron chi connectivity index (χ4n) is 2.13. The topological polar surface area (TPSA) is 129 Å². The van der Waals surface area contributed by atoms with E-state index >= 15 is 0 Å². The molecule has 0 fully saturated rings. The van der Waals surface area contributed by atoms with Crippen molar-refractivity contribution in [2.75, 3.05) is 37.6 Å². The van der Waals surface area contributed by atoms with Gasteiger partial charge in [0, 0.05) is 24.0 Å². The van der Waals surface area contributed by atoms with Crippen LogP contribution in [-0.2, 0) is 14.3 Å². The number of amides is 3. The molecule has 0 aliphatic carbocycles. The Morgan fingerprint density at radius 3 is 2.39 bits per heavy atom. The normalized spacial score (nSPS) is 10.0. The lowest BCUT2D eigenvalue weighted by Gasteiger charge is -2.10. The second-order valence-corrected chi connectivity index (χ2v) is 5.56. The number of carbonyl (C=O) groups excluding carboxylic acids is 3. The molecule has 148 valence electrons. The lowest BCUT2D eigenvalue weighted by molar-refractivity contribution is -0.118. The summed E-state index contributed by atoms with van der Waals surface area (Å²) in [5.41, 5.74) is 6.41. The first kappa shape index (κ1) is 20.7. The zero-order valence-corrected chi connectivity index (χ0v) is 15.3. The molecule has 2 aromatic rings. The lowest BCUT2D eigenvalue weighted by Crippen LogP contribution is -2.20. The van der Waals surface area contributed by atoms with Crippen LogP contribution in [0, 0.1) is 0 Å². The maximum Gasteiger partial charge on any atom is 0.411 e. The van der Waals surface area contributed by atoms with Gasteiger partial charge in [-0.25, -0.2) is 4.79 Å². The Morgan fingerprint density at radius 1 is 0.964 bits per heavy atom. The highest BCUT2D eigenvalue weighted by Gasteiger charge is 2.08. The summed E-state index contributed by atoms with van der Waals surface area (Å²) < 4.78 is 15.1. The zero-order valence-electron chi connectivity index (χ0n) is 15.3. The molecule has 9 nitrogen and oxygen atoms in total. The number of benzene rings is 2. The minimum absolute atomic E-state index is 0.132. The van der Waals surface area contributed by atoms with Crippen LogP contribution in [0.2, 0.25) is 0 Å². The molecule has 4 N–H and O–H groups in total. The van der Waals surface area contributed by atoms with E-state index < -0.39 is 17.9 Å². The van der Waals surface area contributed by atoms with Crippen molar-refractivity contribution in [1.82, 2.24) is 0 Å². The first-order chi connectivity index (χ1) is 13.5. The van der Waals surface area contributed by atoms with Crippen molar-refractivity contribution >= 4 is 29.3 Å². The summed E-state index contributed by atoms with van der Waals surface area (Å²) in [6, 6.07) is 12.8. The summed E-state index contributed by atoms with van der Waals surface area (Å²) in [7, 11) is 1.51. The van der Waals surface area contributed by atoms with Gasteiger partial charge < -0.3 is 25.3 Å². The molecule has 0 heterocycles. The smallest absolute Gasteiger partial charge is 0.411 e. The van der Waals surface area contributed by atoms with Crippen LogP contribution >= 0.6 is 0 Å². The third kappa shape index (κ3) is 6.96. The van der Waals surface area contributed by atoms with Crippen LogP contribution in [-0.4, -0.2) is 44.8 Å². The molecule has 9 heteroatoms. The lowest BCUT2D eigenvalue weighted by atomic mass is 10.2. The first-order valence-corrected chi connectivity index (χ1v) is 8.33. The van der Waals surface area contributed by atoms with Crippen molar-refractivity contribution in [2.45, 2.75) is 0 Å². The molecule has 3 amide bonds. The predicted octanol–water partition coefficient (Wildman–Crippen LogP) is 2.00. The minimum atomic E-state index is -0.627. The zero-order chi connectivity index (χ0) is 20.4. The largest absolute Gasteiger partial charge is 0.484 e. The number of nitrogens with two attached hydrogens (primary N) is 1. The highest BCUT2D eigenvalue weighted by Crippen LogP contribution is 2.16. The van der Waals surface area contributed by atoms with Gasteiger partial charge in [0.25, 0.3) is 5.91 Å². The van der Waals surface area contributed by atoms with Gasteiger partial charge in [0.2, 0.25) is 5.91 Å². The van der Waals surface area contributed by atoms with Crippen LogP contribution in [0.5, 0.6) is 5.75 Å². The number of anilines is 2. The molecule has 0 atom stereocenters. The van der Waals surface area contributed by atoms with Crippen molar-refractivity contribution in [3.05, 3.63) is 54.1 Å². The molecule has 0 radical (unpaired) electrons. The Hall–Kier alpha value is -3.59. The summed E-state index contributed by atoms with van der Waals surface area (Å²) in [5, 5.41) is 5.19. The van der Waals surface area contributed by atoms with E-state index in [1.54, 1.807) is 42.5 Å². The standard InChI is InChI=1S/C19H21N3O6/c1-26-8-9-27-19(25)22-15-6-3-5-14(11-15)21-17(23)12-28-16-7-2-4-13(10-16)18(20)24/h2-7,10-11H,8-9,12H2,1H3,(H2,20,24)(H,21,23)(H,22,25). The van der Waals surface area contributed by atoms with E-state index in [4.69, 9.17) is 19.9 Å². The van der Waals surface area contributed by atoms with Crippen molar-refractivity contribution in [3.63, 3.8) is 0 Å². The van der Waals surface area contributed by atoms with Crippen LogP contribution < -0.4 is 21.1 Å². The van der Waals surface area contributed by atoms with Crippen molar-refractivity contribution in [3.8, 4) is 5.75 Å². The van der Waals surface area contributed by atoms with Crippen LogP contribution in [0.4, 0.5) is 16.2 Å². The molecule has 0 saturated carbocycles. The number of nitrogens with one attached hydrogen (secondary N) is 2. The van der Waals surface area contributed by atoms with Gasteiger partial charge in [0.05, 0.1) is 6.61 Å². The molecule has 28 heavy (non-hydrogen) atoms. The van der Waals surface area contributed by atoms with Crippen LogP contribution in [0.25, 0.3) is 0 Å². The quantitative estimate of drug-likeness (QED) is 0.565. The maximum atomic E-state index is 12.1. The molecule has 0 saturated heterocycles.